The molecule has 0 aliphatic carbocycles. The molecule has 8 heteroatoms. The summed E-state index contributed by atoms with van der Waals surface area (Å²) < 4.78 is 83.7. The van der Waals surface area contributed by atoms with E-state index in [0.717, 1.165) is 48.3 Å². The van der Waals surface area contributed by atoms with Gasteiger partial charge in [-0.1, -0.05) is 72.8 Å². The van der Waals surface area contributed by atoms with Crippen LogP contribution in [0.1, 0.15) is 0 Å². The van der Waals surface area contributed by atoms with E-state index in [4.69, 9.17) is 0 Å². The second kappa shape index (κ2) is 10.4. The molecule has 1 aromatic heterocycles. The summed E-state index contributed by atoms with van der Waals surface area (Å²) >= 11 is 1.44. The Balaban J connectivity index is 1.15. The highest BCUT2D eigenvalue weighted by Gasteiger charge is 2.26. The number of benzene rings is 6. The van der Waals surface area contributed by atoms with Gasteiger partial charge in [-0.15, -0.1) is 11.3 Å². The van der Waals surface area contributed by atoms with Gasteiger partial charge in [0.05, 0.1) is 15.8 Å². The van der Waals surface area contributed by atoms with Gasteiger partial charge >= 0.3 is 0 Å². The van der Waals surface area contributed by atoms with Crippen LogP contribution in [0.15, 0.2) is 103 Å². The molecule has 7 aromatic rings. The Hall–Kier alpha value is -4.95. The summed E-state index contributed by atoms with van der Waals surface area (Å²) in [6.45, 7) is 0. The third kappa shape index (κ3) is 4.73. The van der Waals surface area contributed by atoms with Crippen LogP contribution in [0.5, 0.6) is 0 Å². The van der Waals surface area contributed by atoms with Crippen LogP contribution in [0, 0.1) is 34.9 Å². The molecule has 0 amide bonds. The van der Waals surface area contributed by atoms with E-state index in [1.54, 1.807) is 18.2 Å². The number of rotatable bonds is 4. The van der Waals surface area contributed by atoms with Gasteiger partial charge in [0.15, 0.2) is 23.3 Å². The van der Waals surface area contributed by atoms with Crippen molar-refractivity contribution in [3.8, 4) is 44.0 Å². The van der Waals surface area contributed by atoms with E-state index in [9.17, 15) is 26.3 Å². The maximum atomic E-state index is 14.3. The summed E-state index contributed by atoms with van der Waals surface area (Å²) in [5.41, 5.74) is 4.20. The standard InChI is InChI=1S/C35H17F6NS/c36-26-13-14-27-28(17-26)43-35(42-27)21-7-3-19(4-8-21)23-10-12-24-15-22(9-11-25(24)16-23)18-1-5-20(6-2-18)29-30(37)32(39)34(41)33(40)31(29)38/h1-17H. The van der Waals surface area contributed by atoms with Crippen LogP contribution in [0.2, 0.25) is 0 Å². The maximum absolute atomic E-state index is 14.3. The summed E-state index contributed by atoms with van der Waals surface area (Å²) in [7, 11) is 0. The normalized spacial score (nSPS) is 11.5. The molecule has 0 aliphatic heterocycles. The van der Waals surface area contributed by atoms with E-state index < -0.39 is 34.6 Å². The minimum absolute atomic E-state index is 0.120. The SMILES string of the molecule is Fc1ccc2nc(-c3ccc(-c4ccc5cc(-c6ccc(-c7c(F)c(F)c(F)c(F)c7F)cc6)ccc5c4)cc3)sc2c1. The predicted molar refractivity (Wildman–Crippen MR) is 159 cm³/mol. The highest BCUT2D eigenvalue weighted by molar-refractivity contribution is 7.21. The Kier molecular flexibility index (Phi) is 6.51. The first-order valence-corrected chi connectivity index (χ1v) is 13.9. The first-order chi connectivity index (χ1) is 20.8. The van der Waals surface area contributed by atoms with Crippen molar-refractivity contribution in [3.63, 3.8) is 0 Å². The molecule has 0 saturated heterocycles. The molecule has 0 bridgehead atoms. The zero-order valence-electron chi connectivity index (χ0n) is 21.9. The first-order valence-electron chi connectivity index (χ1n) is 13.1. The number of halogens is 6. The monoisotopic (exact) mass is 597 g/mol. The predicted octanol–water partition coefficient (Wildman–Crippen LogP) is 11.0. The van der Waals surface area contributed by atoms with Gasteiger partial charge in [0.25, 0.3) is 0 Å². The van der Waals surface area contributed by atoms with Crippen molar-refractivity contribution in [2.24, 2.45) is 0 Å². The van der Waals surface area contributed by atoms with Crippen molar-refractivity contribution in [2.45, 2.75) is 0 Å². The highest BCUT2D eigenvalue weighted by atomic mass is 32.1. The second-order valence-electron chi connectivity index (χ2n) is 10.0. The summed E-state index contributed by atoms with van der Waals surface area (Å²) in [6.07, 6.45) is 0. The van der Waals surface area contributed by atoms with Gasteiger partial charge in [-0.3, -0.25) is 0 Å². The Morgan fingerprint density at radius 3 is 1.44 bits per heavy atom. The molecule has 0 aliphatic rings. The minimum Gasteiger partial charge on any atom is -0.236 e. The lowest BCUT2D eigenvalue weighted by molar-refractivity contribution is 0.381. The van der Waals surface area contributed by atoms with Crippen molar-refractivity contribution >= 4 is 32.3 Å². The number of aromatic nitrogens is 1. The fraction of sp³-hybridized carbons (Fsp3) is 0. The van der Waals surface area contributed by atoms with Gasteiger partial charge < -0.3 is 0 Å². The molecule has 6 aromatic carbocycles. The van der Waals surface area contributed by atoms with Crippen LogP contribution < -0.4 is 0 Å². The number of fused-ring (bicyclic) bond motifs is 2. The summed E-state index contributed by atoms with van der Waals surface area (Å²) in [6, 6.07) is 30.3. The number of nitrogens with zero attached hydrogens (tertiary/aromatic N) is 1. The molecule has 210 valence electrons. The number of thiazole rings is 1. The lowest BCUT2D eigenvalue weighted by Crippen LogP contribution is -2.03. The van der Waals surface area contributed by atoms with Crippen molar-refractivity contribution in [1.82, 2.24) is 4.98 Å². The van der Waals surface area contributed by atoms with E-state index in [2.05, 4.69) is 11.1 Å². The Morgan fingerprint density at radius 1 is 0.419 bits per heavy atom. The largest absolute Gasteiger partial charge is 0.236 e. The van der Waals surface area contributed by atoms with Crippen LogP contribution in [-0.2, 0) is 0 Å². The molecule has 43 heavy (non-hydrogen) atoms. The van der Waals surface area contributed by atoms with Gasteiger partial charge in [-0.25, -0.2) is 31.3 Å². The minimum atomic E-state index is -2.19. The van der Waals surface area contributed by atoms with E-state index >= 15 is 0 Å². The van der Waals surface area contributed by atoms with Crippen LogP contribution in [-0.4, -0.2) is 4.98 Å². The van der Waals surface area contributed by atoms with Crippen LogP contribution in [0.25, 0.3) is 64.9 Å². The van der Waals surface area contributed by atoms with Crippen LogP contribution in [0.4, 0.5) is 26.3 Å². The number of hydrogen-bond acceptors (Lipinski definition) is 2. The molecule has 0 saturated carbocycles. The molecule has 0 spiro atoms. The summed E-state index contributed by atoms with van der Waals surface area (Å²) in [4.78, 5) is 4.61. The number of hydrogen-bond donors (Lipinski definition) is 0. The van der Waals surface area contributed by atoms with Gasteiger partial charge in [0.1, 0.15) is 10.8 Å². The van der Waals surface area contributed by atoms with Crippen LogP contribution >= 0.6 is 11.3 Å². The Morgan fingerprint density at radius 2 is 0.884 bits per heavy atom. The molecule has 1 heterocycles. The molecule has 7 rings (SSSR count). The van der Waals surface area contributed by atoms with Gasteiger partial charge in [-0.2, -0.15) is 0 Å². The van der Waals surface area contributed by atoms with Crippen molar-refractivity contribution in [3.05, 3.63) is 138 Å². The molecular formula is C35H17F6NS. The fourth-order valence-corrected chi connectivity index (χ4v) is 6.12. The summed E-state index contributed by atoms with van der Waals surface area (Å²) in [5, 5.41) is 2.78. The Bertz CT molecular complexity index is 2160. The highest BCUT2D eigenvalue weighted by Crippen LogP contribution is 2.35. The lowest BCUT2D eigenvalue weighted by atomic mass is 9.96. The maximum Gasteiger partial charge on any atom is 0.200 e. The molecule has 0 N–H and O–H groups in total. The quantitative estimate of drug-likeness (QED) is 0.112. The average Bonchev–Trinajstić information content (AvgIpc) is 3.46. The average molecular weight is 598 g/mol. The third-order valence-electron chi connectivity index (χ3n) is 7.37. The molecule has 0 unspecified atom stereocenters. The third-order valence-corrected chi connectivity index (χ3v) is 8.44. The topological polar surface area (TPSA) is 12.9 Å². The molecule has 1 nitrogen and oxygen atoms in total. The van der Waals surface area contributed by atoms with Gasteiger partial charge in [-0.05, 0) is 68.9 Å². The van der Waals surface area contributed by atoms with Crippen molar-refractivity contribution < 1.29 is 26.3 Å². The zero-order valence-corrected chi connectivity index (χ0v) is 22.8. The van der Waals surface area contributed by atoms with E-state index in [1.165, 1.54) is 35.6 Å². The second-order valence-corrected chi connectivity index (χ2v) is 11.0. The van der Waals surface area contributed by atoms with Crippen LogP contribution in [0.3, 0.4) is 0 Å². The molecule has 0 radical (unpaired) electrons. The van der Waals surface area contributed by atoms with Gasteiger partial charge in [0, 0.05) is 5.56 Å². The van der Waals surface area contributed by atoms with E-state index in [0.29, 0.717) is 5.56 Å². The van der Waals surface area contributed by atoms with Crippen molar-refractivity contribution in [2.75, 3.05) is 0 Å². The van der Waals surface area contributed by atoms with E-state index in [-0.39, 0.29) is 11.4 Å². The Labute approximate surface area is 245 Å². The fourth-order valence-electron chi connectivity index (χ4n) is 5.12. The van der Waals surface area contributed by atoms with E-state index in [1.807, 2.05) is 54.6 Å². The first kappa shape index (κ1) is 26.9. The van der Waals surface area contributed by atoms with Crippen molar-refractivity contribution in [1.29, 1.82) is 0 Å². The molecule has 0 atom stereocenters. The summed E-state index contributed by atoms with van der Waals surface area (Å²) in [5.74, 6) is -10.2. The van der Waals surface area contributed by atoms with Gasteiger partial charge in [0.2, 0.25) is 5.82 Å². The smallest absolute Gasteiger partial charge is 0.200 e. The molecular weight excluding hydrogens is 580 g/mol. The molecule has 0 fully saturated rings. The zero-order chi connectivity index (χ0) is 29.8. The lowest BCUT2D eigenvalue weighted by Gasteiger charge is -2.10.